The van der Waals surface area contributed by atoms with Crippen LogP contribution in [0.4, 0.5) is 0 Å². The molecule has 0 bridgehead atoms. The van der Waals surface area contributed by atoms with Crippen molar-refractivity contribution in [2.24, 2.45) is 0 Å². The summed E-state index contributed by atoms with van der Waals surface area (Å²) in [5, 5.41) is 0. The maximum atomic E-state index is 6.20. The first-order valence-electron chi connectivity index (χ1n) is 1.31. The summed E-state index contributed by atoms with van der Waals surface area (Å²) in [6.45, 7) is 1.88. The maximum Gasteiger partial charge on any atom is -0.0342 e. The van der Waals surface area contributed by atoms with E-state index in [2.05, 4.69) is 5.92 Å². The molecular weight excluding hydrogens is 48.0 g/mol. The molecule has 0 amide bonds. The summed E-state index contributed by atoms with van der Waals surface area (Å²) < 4.78 is 0. The van der Waals surface area contributed by atoms with Crippen molar-refractivity contribution in [3.8, 4) is 5.92 Å². The first kappa shape index (κ1) is 3.56. The topological polar surface area (TPSA) is 0 Å². The van der Waals surface area contributed by atoms with Gasteiger partial charge in [-0.2, -0.15) is 0 Å². The van der Waals surface area contributed by atoms with Crippen molar-refractivity contribution in [3.63, 3.8) is 0 Å². The van der Waals surface area contributed by atoms with E-state index in [4.69, 9.17) is 6.42 Å². The lowest BCUT2D eigenvalue weighted by Gasteiger charge is -1.68. The van der Waals surface area contributed by atoms with Crippen LogP contribution < -0.4 is 0 Å². The van der Waals surface area contributed by atoms with Crippen molar-refractivity contribution in [3.05, 3.63) is 6.42 Å². The largest absolute Gasteiger partial charge is 0.694 e. The lowest BCUT2D eigenvalue weighted by atomic mass is 10.5. The second-order valence-corrected chi connectivity index (χ2v) is 0.530. The molecule has 0 radical (unpaired) electrons. The van der Waals surface area contributed by atoms with Crippen molar-refractivity contribution >= 4 is 0 Å². The molecule has 22 valence electrons. The van der Waals surface area contributed by atoms with Crippen LogP contribution in [0, 0.1) is 12.3 Å². The zero-order valence-corrected chi connectivity index (χ0v) is 2.71. The monoisotopic (exact) mass is 53.0 g/mol. The molecule has 0 N–H and O–H groups in total. The molecule has 0 aliphatic rings. The Bertz CT molecular complexity index is 29.8. The molecular formula is C4H5-. The average molecular weight is 53.1 g/mol. The van der Waals surface area contributed by atoms with Crippen LogP contribution in [-0.2, 0) is 0 Å². The van der Waals surface area contributed by atoms with Gasteiger partial charge < -0.3 is 12.3 Å². The van der Waals surface area contributed by atoms with Crippen LogP contribution in [0.3, 0.4) is 0 Å². The van der Waals surface area contributed by atoms with Gasteiger partial charge in [0.15, 0.2) is 0 Å². The normalized spacial score (nSPS) is 5.00. The van der Waals surface area contributed by atoms with Crippen LogP contribution in [0.1, 0.15) is 13.3 Å². The summed E-state index contributed by atoms with van der Waals surface area (Å²) in [4.78, 5) is 0. The van der Waals surface area contributed by atoms with Gasteiger partial charge in [-0.25, -0.2) is 0 Å². The zero-order valence-electron chi connectivity index (χ0n) is 2.71. The van der Waals surface area contributed by atoms with Crippen molar-refractivity contribution in [1.29, 1.82) is 0 Å². The van der Waals surface area contributed by atoms with Crippen LogP contribution >= 0.6 is 0 Å². The summed E-state index contributed by atoms with van der Waals surface area (Å²) in [5.74, 6) is 2.18. The highest BCUT2D eigenvalue weighted by Crippen LogP contribution is 1.58. The number of hydrogen-bond donors (Lipinski definition) is 0. The predicted molar refractivity (Wildman–Crippen MR) is 17.4 cm³/mol. The second-order valence-electron chi connectivity index (χ2n) is 0.530. The fourth-order valence-electron chi connectivity index (χ4n) is 0. The first-order valence-corrected chi connectivity index (χ1v) is 1.31. The quantitative estimate of drug-likeness (QED) is 0.285. The zero-order chi connectivity index (χ0) is 3.41. The Kier molecular flexibility index (Phi) is 2.28. The fraction of sp³-hybridized carbons (Fsp3) is 0.500. The SMILES string of the molecule is [C-]#CCC. The Labute approximate surface area is 26.8 Å². The van der Waals surface area contributed by atoms with Gasteiger partial charge in [-0.15, -0.1) is 0 Å². The molecule has 0 aliphatic heterocycles. The van der Waals surface area contributed by atoms with Crippen LogP contribution in [0.5, 0.6) is 0 Å². The van der Waals surface area contributed by atoms with Crippen molar-refractivity contribution in [1.82, 2.24) is 0 Å². The van der Waals surface area contributed by atoms with E-state index in [0.717, 1.165) is 6.42 Å². The van der Waals surface area contributed by atoms with E-state index in [9.17, 15) is 0 Å². The second kappa shape index (κ2) is 2.56. The molecule has 0 aliphatic carbocycles. The number of rotatable bonds is 0. The Balaban J connectivity index is 2.43. The van der Waals surface area contributed by atoms with Gasteiger partial charge in [0.25, 0.3) is 0 Å². The molecule has 0 heteroatoms. The van der Waals surface area contributed by atoms with E-state index in [1.54, 1.807) is 0 Å². The van der Waals surface area contributed by atoms with Gasteiger partial charge in [0.2, 0.25) is 0 Å². The summed E-state index contributed by atoms with van der Waals surface area (Å²) in [6.07, 6.45) is 6.94. The highest BCUT2D eigenvalue weighted by atomic mass is 13.5. The van der Waals surface area contributed by atoms with Crippen LogP contribution in [0.15, 0.2) is 0 Å². The van der Waals surface area contributed by atoms with Gasteiger partial charge in [0, 0.05) is 0 Å². The van der Waals surface area contributed by atoms with Gasteiger partial charge in [0.1, 0.15) is 0 Å². The van der Waals surface area contributed by atoms with E-state index in [1.807, 2.05) is 6.92 Å². The molecule has 0 saturated heterocycles. The van der Waals surface area contributed by atoms with Crippen molar-refractivity contribution < 1.29 is 0 Å². The predicted octanol–water partition coefficient (Wildman–Crippen LogP) is 0.986. The Morgan fingerprint density at radius 2 is 2.25 bits per heavy atom. The van der Waals surface area contributed by atoms with Crippen LogP contribution in [-0.4, -0.2) is 0 Å². The molecule has 0 saturated carbocycles. The van der Waals surface area contributed by atoms with Crippen molar-refractivity contribution in [2.75, 3.05) is 0 Å². The Hall–Kier alpha value is -0.440. The molecule has 0 unspecified atom stereocenters. The molecule has 0 nitrogen and oxygen atoms in total. The van der Waals surface area contributed by atoms with Gasteiger partial charge in [-0.3, -0.25) is 0 Å². The third-order valence-corrected chi connectivity index (χ3v) is 0.177. The van der Waals surface area contributed by atoms with Gasteiger partial charge in [0.05, 0.1) is 0 Å². The summed E-state index contributed by atoms with van der Waals surface area (Å²) >= 11 is 0. The van der Waals surface area contributed by atoms with Crippen LogP contribution in [0.25, 0.3) is 0 Å². The van der Waals surface area contributed by atoms with E-state index >= 15 is 0 Å². The molecule has 0 atom stereocenters. The molecule has 0 aromatic heterocycles. The lowest BCUT2D eigenvalue weighted by molar-refractivity contribution is 1.28. The highest BCUT2D eigenvalue weighted by Gasteiger charge is 1.34. The molecule has 0 fully saturated rings. The first-order chi connectivity index (χ1) is 1.91. The Morgan fingerprint density at radius 3 is 2.25 bits per heavy atom. The van der Waals surface area contributed by atoms with Gasteiger partial charge in [-0.05, 0) is 6.42 Å². The maximum absolute atomic E-state index is 6.20. The molecule has 0 aromatic rings. The van der Waals surface area contributed by atoms with Crippen LogP contribution in [0.2, 0.25) is 0 Å². The van der Waals surface area contributed by atoms with E-state index < -0.39 is 0 Å². The van der Waals surface area contributed by atoms with E-state index in [0.29, 0.717) is 0 Å². The lowest BCUT2D eigenvalue weighted by Crippen LogP contribution is -1.38. The summed E-state index contributed by atoms with van der Waals surface area (Å²) in [5.41, 5.74) is 0. The van der Waals surface area contributed by atoms with E-state index in [-0.39, 0.29) is 0 Å². The van der Waals surface area contributed by atoms with E-state index in [1.165, 1.54) is 0 Å². The third kappa shape index (κ3) is 1.56. The molecule has 0 spiro atoms. The fourth-order valence-corrected chi connectivity index (χ4v) is 0. The molecule has 0 aromatic carbocycles. The van der Waals surface area contributed by atoms with Gasteiger partial charge in [-0.1, -0.05) is 6.92 Å². The van der Waals surface area contributed by atoms with Gasteiger partial charge >= 0.3 is 0 Å². The minimum absolute atomic E-state index is 0.736. The smallest absolute Gasteiger partial charge is 0.0342 e. The standard InChI is InChI=1S/C4H5/c1-3-4-2/h3H2,1H3/q-1. The highest BCUT2D eigenvalue weighted by molar-refractivity contribution is 4.69. The molecule has 0 rings (SSSR count). The summed E-state index contributed by atoms with van der Waals surface area (Å²) in [6, 6.07) is 0. The summed E-state index contributed by atoms with van der Waals surface area (Å²) in [7, 11) is 0. The minimum Gasteiger partial charge on any atom is -0.694 e. The molecule has 0 heterocycles. The third-order valence-electron chi connectivity index (χ3n) is 0.177. The molecule has 4 heavy (non-hydrogen) atoms. The number of hydrogen-bond acceptors (Lipinski definition) is 0. The minimum atomic E-state index is 0.736. The Morgan fingerprint density at radius 1 is 2.00 bits per heavy atom. The average Bonchev–Trinajstić information content (AvgIpc) is 1.37. The van der Waals surface area contributed by atoms with Crippen molar-refractivity contribution in [2.45, 2.75) is 13.3 Å².